The summed E-state index contributed by atoms with van der Waals surface area (Å²) in [5, 5.41) is 8.73. The van der Waals surface area contributed by atoms with Gasteiger partial charge < -0.3 is 14.6 Å². The van der Waals surface area contributed by atoms with Gasteiger partial charge in [-0.25, -0.2) is 0 Å². The molecule has 1 heterocycles. The van der Waals surface area contributed by atoms with Crippen LogP contribution in [0, 0.1) is 0 Å². The zero-order valence-corrected chi connectivity index (χ0v) is 22.0. The summed E-state index contributed by atoms with van der Waals surface area (Å²) >= 11 is 6.70. The molecular weight excluding hydrogens is 470 g/mol. The first-order valence-corrected chi connectivity index (χ1v) is 13.6. The lowest BCUT2D eigenvalue weighted by Crippen LogP contribution is -2.29. The molecule has 6 nitrogen and oxygen atoms in total. The number of amides is 1. The summed E-state index contributed by atoms with van der Waals surface area (Å²) in [6.07, 6.45) is 11.3. The third kappa shape index (κ3) is 9.66. The molecule has 0 unspecified atom stereocenters. The summed E-state index contributed by atoms with van der Waals surface area (Å²) < 4.78 is 12.3. The number of aliphatic carboxylic acids is 1. The van der Waals surface area contributed by atoms with Gasteiger partial charge in [-0.3, -0.25) is 14.5 Å². The average Bonchev–Trinajstić information content (AvgIpc) is 3.06. The first kappa shape index (κ1) is 28.2. The maximum Gasteiger partial charge on any atom is 0.303 e. The van der Waals surface area contributed by atoms with Crippen molar-refractivity contribution in [3.8, 4) is 11.5 Å². The maximum absolute atomic E-state index is 12.8. The molecule has 1 aromatic rings. The van der Waals surface area contributed by atoms with Crippen molar-refractivity contribution >= 4 is 46.3 Å². The summed E-state index contributed by atoms with van der Waals surface area (Å²) in [4.78, 5) is 25.6. The second kappa shape index (κ2) is 15.8. The largest absolute Gasteiger partial charge is 0.490 e. The van der Waals surface area contributed by atoms with Crippen LogP contribution in [0.25, 0.3) is 6.08 Å². The molecular formula is C26H37NO5S2. The molecule has 0 bridgehead atoms. The Hall–Kier alpha value is -2.06. The van der Waals surface area contributed by atoms with E-state index in [1.54, 1.807) is 4.90 Å². The third-order valence-electron chi connectivity index (χ3n) is 5.47. The lowest BCUT2D eigenvalue weighted by atomic mass is 10.1. The molecule has 0 saturated carbocycles. The lowest BCUT2D eigenvalue weighted by Gasteiger charge is -2.14. The van der Waals surface area contributed by atoms with Crippen molar-refractivity contribution in [3.05, 3.63) is 28.7 Å². The molecule has 34 heavy (non-hydrogen) atoms. The molecule has 0 radical (unpaired) electrons. The van der Waals surface area contributed by atoms with Crippen molar-refractivity contribution in [1.82, 2.24) is 4.90 Å². The van der Waals surface area contributed by atoms with Crippen LogP contribution in [-0.4, -0.2) is 46.0 Å². The predicted molar refractivity (Wildman–Crippen MR) is 142 cm³/mol. The fourth-order valence-electron chi connectivity index (χ4n) is 3.63. The summed E-state index contributed by atoms with van der Waals surface area (Å²) in [6.45, 7) is 5.86. The van der Waals surface area contributed by atoms with Crippen molar-refractivity contribution in [3.63, 3.8) is 0 Å². The molecule has 8 heteroatoms. The van der Waals surface area contributed by atoms with Gasteiger partial charge in [0.15, 0.2) is 11.5 Å². The van der Waals surface area contributed by atoms with Gasteiger partial charge in [-0.2, -0.15) is 0 Å². The zero-order valence-electron chi connectivity index (χ0n) is 20.3. The van der Waals surface area contributed by atoms with Gasteiger partial charge in [0.2, 0.25) is 0 Å². The number of rotatable bonds is 17. The van der Waals surface area contributed by atoms with E-state index < -0.39 is 5.97 Å². The van der Waals surface area contributed by atoms with Crippen LogP contribution in [0.5, 0.6) is 11.5 Å². The Morgan fingerprint density at radius 3 is 2.50 bits per heavy atom. The fraction of sp³-hybridized carbons (Fsp3) is 0.577. The molecule has 1 aromatic carbocycles. The van der Waals surface area contributed by atoms with Crippen molar-refractivity contribution < 1.29 is 24.2 Å². The Balaban J connectivity index is 1.93. The maximum atomic E-state index is 12.8. The predicted octanol–water partition coefficient (Wildman–Crippen LogP) is 6.67. The molecule has 2 rings (SSSR count). The smallest absolute Gasteiger partial charge is 0.303 e. The van der Waals surface area contributed by atoms with Crippen LogP contribution in [0.4, 0.5) is 0 Å². The van der Waals surface area contributed by atoms with Gasteiger partial charge in [0, 0.05) is 13.0 Å². The number of thioether (sulfide) groups is 1. The average molecular weight is 508 g/mol. The monoisotopic (exact) mass is 507 g/mol. The topological polar surface area (TPSA) is 76.1 Å². The van der Waals surface area contributed by atoms with Gasteiger partial charge in [-0.15, -0.1) is 0 Å². The van der Waals surface area contributed by atoms with Crippen LogP contribution >= 0.6 is 24.0 Å². The van der Waals surface area contributed by atoms with Gasteiger partial charge in [-0.1, -0.05) is 75.5 Å². The second-order valence-corrected chi connectivity index (χ2v) is 9.97. The standard InChI is InChI=1S/C26H37NO5S2/c1-3-5-6-7-8-12-17-32-21-15-14-20(18-22(21)31-4-2)19-23-25(30)27(26(33)34-23)16-11-9-10-13-24(28)29/h14-15,18-19H,3-13,16-17H2,1-2H3,(H,28,29). The zero-order chi connectivity index (χ0) is 24.8. The summed E-state index contributed by atoms with van der Waals surface area (Å²) in [5.41, 5.74) is 0.859. The van der Waals surface area contributed by atoms with Crippen LogP contribution in [0.15, 0.2) is 23.1 Å². The first-order chi connectivity index (χ1) is 16.5. The summed E-state index contributed by atoms with van der Waals surface area (Å²) in [7, 11) is 0. The van der Waals surface area contributed by atoms with E-state index in [0.29, 0.717) is 41.2 Å². The Morgan fingerprint density at radius 1 is 1.03 bits per heavy atom. The highest BCUT2D eigenvalue weighted by Crippen LogP contribution is 2.35. The highest BCUT2D eigenvalue weighted by Gasteiger charge is 2.31. The van der Waals surface area contributed by atoms with E-state index in [0.717, 1.165) is 30.6 Å². The number of carboxylic acids is 1. The highest BCUT2D eigenvalue weighted by molar-refractivity contribution is 8.26. The molecule has 188 valence electrons. The van der Waals surface area contributed by atoms with Gasteiger partial charge in [0.25, 0.3) is 5.91 Å². The number of hydrogen-bond acceptors (Lipinski definition) is 6. The van der Waals surface area contributed by atoms with Crippen molar-refractivity contribution in [2.24, 2.45) is 0 Å². The molecule has 1 amide bonds. The van der Waals surface area contributed by atoms with Crippen molar-refractivity contribution in [1.29, 1.82) is 0 Å². The Bertz CT molecular complexity index is 856. The number of nitrogens with zero attached hydrogens (tertiary/aromatic N) is 1. The fourth-order valence-corrected chi connectivity index (χ4v) is 4.94. The molecule has 1 fully saturated rings. The van der Waals surface area contributed by atoms with Gasteiger partial charge in [-0.05, 0) is 50.0 Å². The minimum absolute atomic E-state index is 0.102. The minimum Gasteiger partial charge on any atom is -0.490 e. The highest BCUT2D eigenvalue weighted by atomic mass is 32.2. The number of ether oxygens (including phenoxy) is 2. The van der Waals surface area contributed by atoms with Crippen LogP contribution in [-0.2, 0) is 9.59 Å². The van der Waals surface area contributed by atoms with E-state index >= 15 is 0 Å². The van der Waals surface area contributed by atoms with Crippen molar-refractivity contribution in [2.45, 2.75) is 78.1 Å². The molecule has 1 aliphatic rings. The SMILES string of the molecule is CCCCCCCCOc1ccc(C=C2SC(=S)N(CCCCCC(=O)O)C2=O)cc1OCC. The minimum atomic E-state index is -0.793. The van der Waals surface area contributed by atoms with E-state index in [1.807, 2.05) is 31.2 Å². The number of benzene rings is 1. The summed E-state index contributed by atoms with van der Waals surface area (Å²) in [5.74, 6) is 0.506. The van der Waals surface area contributed by atoms with Gasteiger partial charge in [0.05, 0.1) is 18.1 Å². The van der Waals surface area contributed by atoms with E-state index in [1.165, 1.54) is 43.9 Å². The number of carbonyl (C=O) groups is 2. The van der Waals surface area contributed by atoms with Gasteiger partial charge in [0.1, 0.15) is 4.32 Å². The lowest BCUT2D eigenvalue weighted by molar-refractivity contribution is -0.137. The Morgan fingerprint density at radius 2 is 1.76 bits per heavy atom. The van der Waals surface area contributed by atoms with Crippen molar-refractivity contribution in [2.75, 3.05) is 19.8 Å². The number of carbonyl (C=O) groups excluding carboxylic acids is 1. The molecule has 0 atom stereocenters. The molecule has 0 aliphatic carbocycles. The molecule has 1 saturated heterocycles. The molecule has 1 N–H and O–H groups in total. The second-order valence-electron chi connectivity index (χ2n) is 8.29. The number of hydrogen-bond donors (Lipinski definition) is 1. The van der Waals surface area contributed by atoms with E-state index in [9.17, 15) is 9.59 Å². The molecule has 0 aromatic heterocycles. The quantitative estimate of drug-likeness (QED) is 0.143. The van der Waals surface area contributed by atoms with Crippen LogP contribution in [0.3, 0.4) is 0 Å². The van der Waals surface area contributed by atoms with Crippen LogP contribution in [0.1, 0.15) is 83.6 Å². The number of carboxylic acid groups (broad SMARTS) is 1. The third-order valence-corrected chi connectivity index (χ3v) is 6.84. The Labute approximate surface area is 213 Å². The molecule has 0 spiro atoms. The molecule has 1 aliphatic heterocycles. The van der Waals surface area contributed by atoms with Crippen LogP contribution < -0.4 is 9.47 Å². The van der Waals surface area contributed by atoms with E-state index in [-0.39, 0.29) is 12.3 Å². The Kier molecular flexibility index (Phi) is 13.1. The van der Waals surface area contributed by atoms with Gasteiger partial charge >= 0.3 is 5.97 Å². The number of unbranched alkanes of at least 4 members (excludes halogenated alkanes) is 7. The first-order valence-electron chi connectivity index (χ1n) is 12.3. The van der Waals surface area contributed by atoms with E-state index in [4.69, 9.17) is 26.8 Å². The van der Waals surface area contributed by atoms with E-state index in [2.05, 4.69) is 6.92 Å². The summed E-state index contributed by atoms with van der Waals surface area (Å²) in [6, 6.07) is 5.73. The number of thiocarbonyl (C=S) groups is 1. The van der Waals surface area contributed by atoms with Crippen LogP contribution in [0.2, 0.25) is 0 Å². The normalized spacial score (nSPS) is 14.8.